The predicted octanol–water partition coefficient (Wildman–Crippen LogP) is 2.36. The normalized spacial score (nSPS) is 10.6. The van der Waals surface area contributed by atoms with Crippen molar-refractivity contribution in [1.29, 1.82) is 0 Å². The number of rotatable bonds is 2. The number of carboxylic acids is 2. The summed E-state index contributed by atoms with van der Waals surface area (Å²) >= 11 is 2.24. The average molecular weight is 228 g/mol. The molecule has 0 saturated carbocycles. The Balaban J connectivity index is 2.67. The third-order valence-electron chi connectivity index (χ3n) is 1.69. The molecular weight excluding hydrogens is 224 g/mol. The van der Waals surface area contributed by atoms with Crippen LogP contribution in [0.1, 0.15) is 20.0 Å². The number of hydrogen-bond acceptors (Lipinski definition) is 4. The highest BCUT2D eigenvalue weighted by Gasteiger charge is 2.16. The van der Waals surface area contributed by atoms with E-state index in [1.807, 2.05) is 0 Å². The Morgan fingerprint density at radius 2 is 1.93 bits per heavy atom. The second-order valence-corrected chi connectivity index (χ2v) is 4.53. The van der Waals surface area contributed by atoms with Crippen LogP contribution in [0.15, 0.2) is 11.4 Å². The Morgan fingerprint density at radius 3 is 2.50 bits per heavy atom. The van der Waals surface area contributed by atoms with Crippen molar-refractivity contribution < 1.29 is 19.8 Å². The van der Waals surface area contributed by atoms with E-state index in [2.05, 4.69) is 0 Å². The fourth-order valence-corrected chi connectivity index (χ4v) is 3.26. The van der Waals surface area contributed by atoms with Crippen molar-refractivity contribution in [1.82, 2.24) is 0 Å². The third kappa shape index (κ3) is 1.28. The highest BCUT2D eigenvalue weighted by molar-refractivity contribution is 7.28. The van der Waals surface area contributed by atoms with Gasteiger partial charge in [0.2, 0.25) is 0 Å². The molecule has 0 aromatic carbocycles. The molecule has 2 heterocycles. The van der Waals surface area contributed by atoms with Gasteiger partial charge in [-0.25, -0.2) is 9.59 Å². The van der Waals surface area contributed by atoms with Crippen molar-refractivity contribution in [2.75, 3.05) is 0 Å². The quantitative estimate of drug-likeness (QED) is 0.827. The summed E-state index contributed by atoms with van der Waals surface area (Å²) in [6, 6.07) is 1.50. The van der Waals surface area contributed by atoms with E-state index in [0.29, 0.717) is 9.40 Å². The van der Waals surface area contributed by atoms with Crippen molar-refractivity contribution >= 4 is 44.0 Å². The van der Waals surface area contributed by atoms with Crippen LogP contribution in [0.4, 0.5) is 0 Å². The Hall–Kier alpha value is -1.40. The molecule has 0 fully saturated rings. The minimum atomic E-state index is -1.02. The van der Waals surface area contributed by atoms with Crippen molar-refractivity contribution in [3.63, 3.8) is 0 Å². The fraction of sp³-hybridized carbons (Fsp3) is 0. The molecule has 0 aliphatic heterocycles. The van der Waals surface area contributed by atoms with Gasteiger partial charge in [0, 0.05) is 10.1 Å². The summed E-state index contributed by atoms with van der Waals surface area (Å²) in [5, 5.41) is 19.0. The molecule has 0 aliphatic rings. The Morgan fingerprint density at radius 1 is 1.21 bits per heavy atom. The fourth-order valence-electron chi connectivity index (χ4n) is 1.08. The molecule has 0 radical (unpaired) electrons. The molecule has 2 aromatic heterocycles. The van der Waals surface area contributed by atoms with E-state index in [1.54, 1.807) is 0 Å². The summed E-state index contributed by atoms with van der Waals surface area (Å²) in [7, 11) is 0. The first-order valence-corrected chi connectivity index (χ1v) is 5.27. The minimum absolute atomic E-state index is 0.175. The van der Waals surface area contributed by atoms with Crippen molar-refractivity contribution in [2.24, 2.45) is 0 Å². The lowest BCUT2D eigenvalue weighted by Gasteiger charge is -1.85. The highest BCUT2D eigenvalue weighted by Crippen LogP contribution is 2.33. The lowest BCUT2D eigenvalue weighted by molar-refractivity contribution is 0.0689. The molecule has 0 bridgehead atoms. The standard InChI is InChI=1S/C8H4O4S2/c9-7(10)3-2-13-4-1-5(8(11)12)14-6(3)4/h1-2H,(H,9,10)(H,11,12). The SMILES string of the molecule is O=C(O)c1cc2scc(C(=O)O)c2s1. The molecule has 0 aliphatic carbocycles. The molecule has 14 heavy (non-hydrogen) atoms. The zero-order valence-corrected chi connectivity index (χ0v) is 8.32. The zero-order valence-electron chi connectivity index (χ0n) is 6.68. The molecule has 2 aromatic rings. The Bertz CT molecular complexity index is 522. The van der Waals surface area contributed by atoms with Crippen LogP contribution in [0, 0.1) is 0 Å². The summed E-state index contributed by atoms with van der Waals surface area (Å²) in [4.78, 5) is 21.5. The summed E-state index contributed by atoms with van der Waals surface area (Å²) in [5.41, 5.74) is 0.183. The van der Waals surface area contributed by atoms with Crippen molar-refractivity contribution in [2.45, 2.75) is 0 Å². The van der Waals surface area contributed by atoms with Gasteiger partial charge in [0.1, 0.15) is 4.88 Å². The molecule has 2 rings (SSSR count). The molecule has 0 unspecified atom stereocenters. The monoisotopic (exact) mass is 228 g/mol. The van der Waals surface area contributed by atoms with E-state index >= 15 is 0 Å². The van der Waals surface area contributed by atoms with Crippen LogP contribution in [0.5, 0.6) is 0 Å². The number of carboxylic acid groups (broad SMARTS) is 2. The van der Waals surface area contributed by atoms with Gasteiger partial charge in [0.25, 0.3) is 0 Å². The maximum Gasteiger partial charge on any atom is 0.345 e. The van der Waals surface area contributed by atoms with Crippen molar-refractivity contribution in [3.8, 4) is 0 Å². The van der Waals surface area contributed by atoms with Crippen LogP contribution in [0.25, 0.3) is 9.40 Å². The first-order valence-electron chi connectivity index (χ1n) is 3.57. The first-order chi connectivity index (χ1) is 6.59. The van der Waals surface area contributed by atoms with Crippen LogP contribution in [-0.4, -0.2) is 22.2 Å². The van der Waals surface area contributed by atoms with E-state index in [-0.39, 0.29) is 10.4 Å². The number of hydrogen-bond donors (Lipinski definition) is 2. The van der Waals surface area contributed by atoms with Gasteiger partial charge in [-0.3, -0.25) is 0 Å². The van der Waals surface area contributed by atoms with Gasteiger partial charge in [-0.15, -0.1) is 22.7 Å². The molecule has 6 heteroatoms. The van der Waals surface area contributed by atoms with Gasteiger partial charge in [-0.05, 0) is 6.07 Å². The van der Waals surface area contributed by atoms with E-state index in [9.17, 15) is 9.59 Å². The lowest BCUT2D eigenvalue weighted by atomic mass is 10.3. The van der Waals surface area contributed by atoms with Crippen LogP contribution in [0.3, 0.4) is 0 Å². The van der Waals surface area contributed by atoms with Crippen LogP contribution in [0.2, 0.25) is 0 Å². The number of thiophene rings is 2. The van der Waals surface area contributed by atoms with Crippen LogP contribution < -0.4 is 0 Å². The predicted molar refractivity (Wildman–Crippen MR) is 53.6 cm³/mol. The minimum Gasteiger partial charge on any atom is -0.478 e. The molecule has 2 N–H and O–H groups in total. The Labute approximate surface area is 86.0 Å². The highest BCUT2D eigenvalue weighted by atomic mass is 32.1. The van der Waals surface area contributed by atoms with Gasteiger partial charge >= 0.3 is 11.9 Å². The van der Waals surface area contributed by atoms with Gasteiger partial charge in [0.05, 0.1) is 10.3 Å². The second-order valence-electron chi connectivity index (χ2n) is 2.56. The topological polar surface area (TPSA) is 74.6 Å². The molecule has 0 spiro atoms. The second kappa shape index (κ2) is 3.07. The zero-order chi connectivity index (χ0) is 10.3. The van der Waals surface area contributed by atoms with Gasteiger partial charge in [-0.2, -0.15) is 0 Å². The average Bonchev–Trinajstić information content (AvgIpc) is 2.58. The van der Waals surface area contributed by atoms with Crippen LogP contribution >= 0.6 is 22.7 Å². The smallest absolute Gasteiger partial charge is 0.345 e. The van der Waals surface area contributed by atoms with E-state index < -0.39 is 11.9 Å². The first kappa shape index (κ1) is 9.17. The maximum absolute atomic E-state index is 10.7. The molecular formula is C8H4O4S2. The summed E-state index contributed by atoms with van der Waals surface area (Å²) in [6.07, 6.45) is 0. The molecule has 0 atom stereocenters. The van der Waals surface area contributed by atoms with Gasteiger partial charge < -0.3 is 10.2 Å². The van der Waals surface area contributed by atoms with E-state index in [4.69, 9.17) is 10.2 Å². The number of fused-ring (bicyclic) bond motifs is 1. The third-order valence-corrected chi connectivity index (χ3v) is 3.90. The van der Waals surface area contributed by atoms with Crippen molar-refractivity contribution in [3.05, 3.63) is 21.9 Å². The number of aromatic carboxylic acids is 2. The molecule has 0 amide bonds. The van der Waals surface area contributed by atoms with Gasteiger partial charge in [-0.1, -0.05) is 0 Å². The van der Waals surface area contributed by atoms with E-state index in [0.717, 1.165) is 11.3 Å². The number of carbonyl (C=O) groups is 2. The summed E-state index contributed by atoms with van der Waals surface area (Å²) < 4.78 is 1.25. The molecule has 72 valence electrons. The summed E-state index contributed by atoms with van der Waals surface area (Å²) in [6.45, 7) is 0. The largest absolute Gasteiger partial charge is 0.478 e. The molecule has 0 saturated heterocycles. The maximum atomic E-state index is 10.7. The van der Waals surface area contributed by atoms with Crippen LogP contribution in [-0.2, 0) is 0 Å². The summed E-state index contributed by atoms with van der Waals surface area (Å²) in [5.74, 6) is -2.04. The molecule has 4 nitrogen and oxygen atoms in total. The lowest BCUT2D eigenvalue weighted by Crippen LogP contribution is -1.92. The Kier molecular flexibility index (Phi) is 2.01. The van der Waals surface area contributed by atoms with E-state index in [1.165, 1.54) is 22.8 Å². The van der Waals surface area contributed by atoms with Gasteiger partial charge in [0.15, 0.2) is 0 Å².